The van der Waals surface area contributed by atoms with Crippen LogP contribution in [0, 0.1) is 12.7 Å². The molecule has 31 heavy (non-hydrogen) atoms. The summed E-state index contributed by atoms with van der Waals surface area (Å²) in [6, 6.07) is 8.10. The molecule has 1 aromatic carbocycles. The van der Waals surface area contributed by atoms with Crippen LogP contribution in [-0.4, -0.2) is 31.1 Å². The molecule has 0 saturated carbocycles. The summed E-state index contributed by atoms with van der Waals surface area (Å²) in [4.78, 5) is 19.3. The summed E-state index contributed by atoms with van der Waals surface area (Å²) in [5.74, 6) is -0.715. The van der Waals surface area contributed by atoms with Crippen LogP contribution in [0.2, 0.25) is 5.02 Å². The minimum Gasteiger partial charge on any atom is -0.450 e. The number of carbonyl (C=O) groups is 1. The number of hydrogen-bond donors (Lipinski definition) is 2. The van der Waals surface area contributed by atoms with Gasteiger partial charge in [-0.3, -0.25) is 15.0 Å². The van der Waals surface area contributed by atoms with Crippen LogP contribution < -0.4 is 10.0 Å². The predicted molar refractivity (Wildman–Crippen MR) is 115 cm³/mol. The lowest BCUT2D eigenvalue weighted by molar-refractivity contribution is 0.168. The molecule has 0 fully saturated rings. The van der Waals surface area contributed by atoms with Crippen LogP contribution in [0.15, 0.2) is 53.7 Å². The number of aryl methyl sites for hydroxylation is 1. The van der Waals surface area contributed by atoms with Crippen molar-refractivity contribution in [2.75, 3.05) is 16.6 Å². The zero-order chi connectivity index (χ0) is 22.6. The lowest BCUT2D eigenvalue weighted by Gasteiger charge is -2.13. The largest absolute Gasteiger partial charge is 0.450 e. The fourth-order valence-electron chi connectivity index (χ4n) is 2.64. The van der Waals surface area contributed by atoms with Gasteiger partial charge in [-0.25, -0.2) is 22.6 Å². The molecule has 0 radical (unpaired) electrons. The zero-order valence-corrected chi connectivity index (χ0v) is 18.1. The van der Waals surface area contributed by atoms with Crippen LogP contribution in [0.3, 0.4) is 0 Å². The number of carbonyl (C=O) groups excluding carboxylic acids is 1. The minimum absolute atomic E-state index is 0.0845. The summed E-state index contributed by atoms with van der Waals surface area (Å²) in [6.07, 6.45) is 2.37. The van der Waals surface area contributed by atoms with Crippen LogP contribution in [-0.2, 0) is 14.8 Å². The van der Waals surface area contributed by atoms with Gasteiger partial charge in [-0.15, -0.1) is 0 Å². The smallest absolute Gasteiger partial charge is 0.412 e. The molecular formula is C20H18ClFN4O4S. The molecule has 0 saturated heterocycles. The van der Waals surface area contributed by atoms with E-state index in [4.69, 9.17) is 16.3 Å². The number of ether oxygens (including phenoxy) is 1. The Morgan fingerprint density at radius 2 is 1.94 bits per heavy atom. The number of nitrogens with one attached hydrogen (secondary N) is 2. The lowest BCUT2D eigenvalue weighted by Crippen LogP contribution is -2.16. The maximum absolute atomic E-state index is 14.1. The summed E-state index contributed by atoms with van der Waals surface area (Å²) in [7, 11) is -4.22. The van der Waals surface area contributed by atoms with E-state index in [0.717, 1.165) is 12.1 Å². The summed E-state index contributed by atoms with van der Waals surface area (Å²) >= 11 is 5.70. The molecular weight excluding hydrogens is 447 g/mol. The fraction of sp³-hybridized carbons (Fsp3) is 0.150. The molecule has 11 heteroatoms. The van der Waals surface area contributed by atoms with Crippen molar-refractivity contribution in [3.63, 3.8) is 0 Å². The summed E-state index contributed by atoms with van der Waals surface area (Å²) in [5, 5.41) is 2.58. The quantitative estimate of drug-likeness (QED) is 0.551. The number of nitrogens with zero attached hydrogens (tertiary/aromatic N) is 2. The van der Waals surface area contributed by atoms with E-state index in [9.17, 15) is 17.6 Å². The van der Waals surface area contributed by atoms with Gasteiger partial charge in [0.1, 0.15) is 16.5 Å². The van der Waals surface area contributed by atoms with Crippen molar-refractivity contribution >= 4 is 39.2 Å². The van der Waals surface area contributed by atoms with Crippen molar-refractivity contribution in [2.45, 2.75) is 18.7 Å². The van der Waals surface area contributed by atoms with Gasteiger partial charge in [0.15, 0.2) is 0 Å². The molecule has 2 heterocycles. The maximum atomic E-state index is 14.1. The number of anilines is 2. The SMILES string of the molecule is CCOC(=O)Nc1cc(-c2cnc(C)c(NS(=O)(=O)c3ccc(Cl)cc3F)c2)ccn1. The number of halogens is 2. The molecule has 3 aromatic rings. The number of rotatable bonds is 6. The van der Waals surface area contributed by atoms with Gasteiger partial charge in [0, 0.05) is 23.0 Å². The standard InChI is InChI=1S/C20H18ClFN4O4S/c1-3-30-20(27)25-19-9-13(6-7-23-19)14-8-17(12(2)24-11-14)26-31(28,29)18-5-4-15(21)10-16(18)22/h4-11,26H,3H2,1-2H3,(H,23,25,27). The Hall–Kier alpha value is -3.24. The summed E-state index contributed by atoms with van der Waals surface area (Å²) < 4.78 is 46.7. The van der Waals surface area contributed by atoms with E-state index >= 15 is 0 Å². The zero-order valence-electron chi connectivity index (χ0n) is 16.5. The summed E-state index contributed by atoms with van der Waals surface area (Å²) in [5.41, 5.74) is 1.73. The van der Waals surface area contributed by atoms with Crippen LogP contribution >= 0.6 is 11.6 Å². The van der Waals surface area contributed by atoms with E-state index in [1.165, 1.54) is 12.3 Å². The number of sulfonamides is 1. The van der Waals surface area contributed by atoms with Crippen LogP contribution in [0.4, 0.5) is 20.7 Å². The molecule has 162 valence electrons. The topological polar surface area (TPSA) is 110 Å². The highest BCUT2D eigenvalue weighted by Gasteiger charge is 2.21. The highest BCUT2D eigenvalue weighted by Crippen LogP contribution is 2.28. The molecule has 8 nitrogen and oxygen atoms in total. The van der Waals surface area contributed by atoms with Crippen molar-refractivity contribution in [2.24, 2.45) is 0 Å². The minimum atomic E-state index is -4.22. The van der Waals surface area contributed by atoms with E-state index in [1.807, 2.05) is 0 Å². The Balaban J connectivity index is 1.91. The third-order valence-electron chi connectivity index (χ3n) is 4.11. The first kappa shape index (κ1) is 22.4. The lowest BCUT2D eigenvalue weighted by atomic mass is 10.1. The highest BCUT2D eigenvalue weighted by molar-refractivity contribution is 7.92. The van der Waals surface area contributed by atoms with Gasteiger partial charge in [-0.05, 0) is 55.8 Å². The average Bonchev–Trinajstić information content (AvgIpc) is 2.69. The molecule has 0 atom stereocenters. The van der Waals surface area contributed by atoms with Gasteiger partial charge in [-0.2, -0.15) is 0 Å². The van der Waals surface area contributed by atoms with E-state index in [-0.39, 0.29) is 23.1 Å². The fourth-order valence-corrected chi connectivity index (χ4v) is 3.97. The Kier molecular flexibility index (Phi) is 6.71. The van der Waals surface area contributed by atoms with Gasteiger partial charge < -0.3 is 4.74 Å². The number of benzene rings is 1. The molecule has 0 spiro atoms. The third kappa shape index (κ3) is 5.47. The Morgan fingerprint density at radius 1 is 1.16 bits per heavy atom. The predicted octanol–water partition coefficient (Wildman–Crippen LogP) is 4.61. The van der Waals surface area contributed by atoms with Crippen LogP contribution in [0.5, 0.6) is 0 Å². The van der Waals surface area contributed by atoms with E-state index < -0.39 is 26.8 Å². The molecule has 1 amide bonds. The molecule has 2 aromatic heterocycles. The maximum Gasteiger partial charge on any atom is 0.412 e. The monoisotopic (exact) mass is 464 g/mol. The summed E-state index contributed by atoms with van der Waals surface area (Å²) in [6.45, 7) is 3.51. The third-order valence-corrected chi connectivity index (χ3v) is 5.75. The molecule has 0 unspecified atom stereocenters. The van der Waals surface area contributed by atoms with Crippen molar-refractivity contribution in [3.8, 4) is 11.1 Å². The molecule has 0 aliphatic rings. The van der Waals surface area contributed by atoms with Crippen molar-refractivity contribution in [3.05, 3.63) is 65.3 Å². The molecule has 0 bridgehead atoms. The van der Waals surface area contributed by atoms with E-state index in [0.29, 0.717) is 16.8 Å². The number of aromatic nitrogens is 2. The Morgan fingerprint density at radius 3 is 2.65 bits per heavy atom. The van der Waals surface area contributed by atoms with Crippen LogP contribution in [0.25, 0.3) is 11.1 Å². The van der Waals surface area contributed by atoms with Crippen LogP contribution in [0.1, 0.15) is 12.6 Å². The second-order valence-electron chi connectivity index (χ2n) is 6.31. The van der Waals surface area contributed by atoms with Crippen molar-refractivity contribution in [1.82, 2.24) is 9.97 Å². The second kappa shape index (κ2) is 9.27. The first-order chi connectivity index (χ1) is 14.7. The van der Waals surface area contributed by atoms with E-state index in [2.05, 4.69) is 20.0 Å². The molecule has 3 rings (SSSR count). The number of pyridine rings is 2. The first-order valence-electron chi connectivity index (χ1n) is 9.04. The normalized spacial score (nSPS) is 11.1. The van der Waals surface area contributed by atoms with E-state index in [1.54, 1.807) is 38.2 Å². The second-order valence-corrected chi connectivity index (χ2v) is 8.40. The molecule has 0 aliphatic carbocycles. The van der Waals surface area contributed by atoms with Gasteiger partial charge in [0.05, 0.1) is 18.0 Å². The van der Waals surface area contributed by atoms with Gasteiger partial charge in [-0.1, -0.05) is 11.6 Å². The highest BCUT2D eigenvalue weighted by atomic mass is 35.5. The number of amides is 1. The number of hydrogen-bond acceptors (Lipinski definition) is 6. The first-order valence-corrected chi connectivity index (χ1v) is 10.9. The van der Waals surface area contributed by atoms with Crippen molar-refractivity contribution in [1.29, 1.82) is 0 Å². The van der Waals surface area contributed by atoms with Crippen molar-refractivity contribution < 1.29 is 22.3 Å². The van der Waals surface area contributed by atoms with Gasteiger partial charge in [0.2, 0.25) is 0 Å². The Bertz CT molecular complexity index is 1240. The molecule has 2 N–H and O–H groups in total. The van der Waals surface area contributed by atoms with Gasteiger partial charge in [0.25, 0.3) is 10.0 Å². The average molecular weight is 465 g/mol. The molecule has 0 aliphatic heterocycles. The van der Waals surface area contributed by atoms with Gasteiger partial charge >= 0.3 is 6.09 Å². The Labute approximate surface area is 183 Å².